The summed E-state index contributed by atoms with van der Waals surface area (Å²) < 4.78 is 0. The van der Waals surface area contributed by atoms with E-state index in [1.807, 2.05) is 0 Å². The fraction of sp³-hybridized carbons (Fsp3) is 0.625. The van der Waals surface area contributed by atoms with Gasteiger partial charge in [-0.1, -0.05) is 6.58 Å². The van der Waals surface area contributed by atoms with Crippen LogP contribution in [0.15, 0.2) is 12.7 Å². The Morgan fingerprint density at radius 2 is 2.33 bits per heavy atom. The third-order valence-electron chi connectivity index (χ3n) is 1.48. The Kier molecular flexibility index (Phi) is 5.32. The molecule has 0 saturated heterocycles. The topological polar surface area (TPSA) is 52.6 Å². The van der Waals surface area contributed by atoms with Crippen molar-refractivity contribution >= 4 is 5.91 Å². The minimum atomic E-state index is -0.505. The van der Waals surface area contributed by atoms with Gasteiger partial charge in [-0.25, -0.2) is 0 Å². The molecule has 0 aliphatic rings. The average molecular weight is 172 g/mol. The third-order valence-corrected chi connectivity index (χ3v) is 1.48. The molecule has 0 heterocycles. The largest absolute Gasteiger partial charge is 0.378 e. The van der Waals surface area contributed by atoms with Crippen molar-refractivity contribution in [2.75, 3.05) is 20.6 Å². The van der Waals surface area contributed by atoms with Gasteiger partial charge in [-0.3, -0.25) is 9.69 Å². The molecule has 12 heavy (non-hydrogen) atoms. The molecule has 0 spiro atoms. The molecule has 0 radical (unpaired) electrons. The first-order valence-corrected chi connectivity index (χ1v) is 3.82. The predicted molar refractivity (Wildman–Crippen MR) is 47.5 cm³/mol. The van der Waals surface area contributed by atoms with E-state index in [4.69, 9.17) is 0 Å². The smallest absolute Gasteiger partial charge is 0.243 e. The van der Waals surface area contributed by atoms with Gasteiger partial charge in [-0.05, 0) is 20.2 Å². The van der Waals surface area contributed by atoms with Gasteiger partial charge >= 0.3 is 0 Å². The molecule has 4 heteroatoms. The van der Waals surface area contributed by atoms with Gasteiger partial charge in [-0.2, -0.15) is 0 Å². The molecular formula is C8H16N2O2. The van der Waals surface area contributed by atoms with Gasteiger partial charge in [-0.15, -0.1) is 0 Å². The van der Waals surface area contributed by atoms with Crippen LogP contribution in [0.1, 0.15) is 6.42 Å². The van der Waals surface area contributed by atoms with Gasteiger partial charge in [0.2, 0.25) is 5.91 Å². The Morgan fingerprint density at radius 3 is 2.75 bits per heavy atom. The molecule has 4 nitrogen and oxygen atoms in total. The summed E-state index contributed by atoms with van der Waals surface area (Å²) in [4.78, 5) is 12.3. The van der Waals surface area contributed by atoms with Gasteiger partial charge in [0, 0.05) is 13.0 Å². The van der Waals surface area contributed by atoms with Gasteiger partial charge in [0.15, 0.2) is 0 Å². The van der Waals surface area contributed by atoms with Gasteiger partial charge in [0.05, 0.1) is 0 Å². The highest BCUT2D eigenvalue weighted by Crippen LogP contribution is 1.92. The van der Waals surface area contributed by atoms with Crippen molar-refractivity contribution < 1.29 is 9.90 Å². The number of carbonyl (C=O) groups excluding carboxylic acids is 1. The molecule has 1 unspecified atom stereocenters. The Balaban J connectivity index is 3.43. The standard InChI is InChI=1S/C8H16N2O2/c1-4-7(11)9-6-5-8(12)10(2)3/h4,8,12H,1,5-6H2,2-3H3,(H,9,11). The van der Waals surface area contributed by atoms with Crippen molar-refractivity contribution in [1.29, 1.82) is 0 Å². The van der Waals surface area contributed by atoms with Crippen LogP contribution in [0.4, 0.5) is 0 Å². The van der Waals surface area contributed by atoms with Crippen molar-refractivity contribution in [3.8, 4) is 0 Å². The number of aliphatic hydroxyl groups is 1. The van der Waals surface area contributed by atoms with E-state index in [0.717, 1.165) is 0 Å². The molecule has 1 atom stereocenters. The lowest BCUT2D eigenvalue weighted by Crippen LogP contribution is -2.32. The first-order chi connectivity index (χ1) is 5.57. The molecule has 0 saturated carbocycles. The van der Waals surface area contributed by atoms with Crippen molar-refractivity contribution in [1.82, 2.24) is 10.2 Å². The summed E-state index contributed by atoms with van der Waals surface area (Å²) in [7, 11) is 3.56. The predicted octanol–water partition coefficient (Wildman–Crippen LogP) is -0.441. The molecule has 70 valence electrons. The average Bonchev–Trinajstić information content (AvgIpc) is 2.03. The second-order valence-electron chi connectivity index (χ2n) is 2.73. The summed E-state index contributed by atoms with van der Waals surface area (Å²) in [5, 5.41) is 11.8. The molecule has 0 aliphatic carbocycles. The fourth-order valence-electron chi connectivity index (χ4n) is 0.655. The lowest BCUT2D eigenvalue weighted by Gasteiger charge is -2.17. The van der Waals surface area contributed by atoms with E-state index in [1.165, 1.54) is 6.08 Å². The Labute approximate surface area is 72.9 Å². The summed E-state index contributed by atoms with van der Waals surface area (Å²) in [5.74, 6) is -0.207. The van der Waals surface area contributed by atoms with E-state index in [2.05, 4.69) is 11.9 Å². The third kappa shape index (κ3) is 4.87. The van der Waals surface area contributed by atoms with Gasteiger partial charge in [0.25, 0.3) is 0 Å². The zero-order chi connectivity index (χ0) is 9.56. The molecular weight excluding hydrogens is 156 g/mol. The van der Waals surface area contributed by atoms with E-state index in [9.17, 15) is 9.90 Å². The van der Waals surface area contributed by atoms with Crippen molar-refractivity contribution in [3.05, 3.63) is 12.7 Å². The summed E-state index contributed by atoms with van der Waals surface area (Å²) >= 11 is 0. The maximum atomic E-state index is 10.6. The highest BCUT2D eigenvalue weighted by molar-refractivity contribution is 5.86. The van der Waals surface area contributed by atoms with Crippen LogP contribution in [0, 0.1) is 0 Å². The molecule has 0 fully saturated rings. The number of rotatable bonds is 5. The first kappa shape index (κ1) is 11.1. The minimum absolute atomic E-state index is 0.207. The summed E-state index contributed by atoms with van der Waals surface area (Å²) in [5.41, 5.74) is 0. The second kappa shape index (κ2) is 5.74. The molecule has 1 amide bonds. The summed E-state index contributed by atoms with van der Waals surface area (Å²) in [6.07, 6.45) is 1.23. The SMILES string of the molecule is C=CC(=O)NCCC(O)N(C)C. The molecule has 0 bridgehead atoms. The zero-order valence-electron chi connectivity index (χ0n) is 7.58. The highest BCUT2D eigenvalue weighted by Gasteiger charge is 2.05. The number of aliphatic hydroxyl groups excluding tert-OH is 1. The lowest BCUT2D eigenvalue weighted by molar-refractivity contribution is -0.116. The van der Waals surface area contributed by atoms with E-state index in [0.29, 0.717) is 13.0 Å². The number of hydrogen-bond donors (Lipinski definition) is 2. The van der Waals surface area contributed by atoms with Crippen LogP contribution in [0.3, 0.4) is 0 Å². The number of amides is 1. The summed E-state index contributed by atoms with van der Waals surface area (Å²) in [6, 6.07) is 0. The van der Waals surface area contributed by atoms with Crippen LogP contribution in [0.2, 0.25) is 0 Å². The van der Waals surface area contributed by atoms with Crippen LogP contribution in [-0.2, 0) is 4.79 Å². The van der Waals surface area contributed by atoms with E-state index < -0.39 is 6.23 Å². The van der Waals surface area contributed by atoms with Crippen LogP contribution in [0.5, 0.6) is 0 Å². The molecule has 0 rings (SSSR count). The lowest BCUT2D eigenvalue weighted by atomic mass is 10.3. The number of carbonyl (C=O) groups is 1. The monoisotopic (exact) mass is 172 g/mol. The van der Waals surface area contributed by atoms with Crippen molar-refractivity contribution in [2.24, 2.45) is 0 Å². The first-order valence-electron chi connectivity index (χ1n) is 3.82. The quantitative estimate of drug-likeness (QED) is 0.436. The second-order valence-corrected chi connectivity index (χ2v) is 2.73. The number of nitrogens with one attached hydrogen (secondary N) is 1. The van der Waals surface area contributed by atoms with Crippen LogP contribution in [-0.4, -0.2) is 42.8 Å². The zero-order valence-corrected chi connectivity index (χ0v) is 7.58. The number of nitrogens with zero attached hydrogens (tertiary/aromatic N) is 1. The Hall–Kier alpha value is -0.870. The molecule has 2 N–H and O–H groups in total. The van der Waals surface area contributed by atoms with Gasteiger partial charge < -0.3 is 10.4 Å². The normalized spacial score (nSPS) is 12.7. The molecule has 0 aliphatic heterocycles. The number of hydrogen-bond acceptors (Lipinski definition) is 3. The molecule has 0 aromatic heterocycles. The van der Waals surface area contributed by atoms with E-state index in [-0.39, 0.29) is 5.91 Å². The Bertz CT molecular complexity index is 157. The van der Waals surface area contributed by atoms with Crippen molar-refractivity contribution in [3.63, 3.8) is 0 Å². The maximum Gasteiger partial charge on any atom is 0.243 e. The van der Waals surface area contributed by atoms with Crippen LogP contribution >= 0.6 is 0 Å². The van der Waals surface area contributed by atoms with Crippen LogP contribution < -0.4 is 5.32 Å². The van der Waals surface area contributed by atoms with Crippen molar-refractivity contribution in [2.45, 2.75) is 12.6 Å². The molecule has 0 aromatic carbocycles. The fourth-order valence-corrected chi connectivity index (χ4v) is 0.655. The minimum Gasteiger partial charge on any atom is -0.378 e. The van der Waals surface area contributed by atoms with E-state index >= 15 is 0 Å². The summed E-state index contributed by atoms with van der Waals surface area (Å²) in [6.45, 7) is 3.77. The Morgan fingerprint density at radius 1 is 1.75 bits per heavy atom. The molecule has 0 aromatic rings. The highest BCUT2D eigenvalue weighted by atomic mass is 16.3. The maximum absolute atomic E-state index is 10.6. The van der Waals surface area contributed by atoms with Gasteiger partial charge in [0.1, 0.15) is 6.23 Å². The van der Waals surface area contributed by atoms with Crippen LogP contribution in [0.25, 0.3) is 0 Å². The van der Waals surface area contributed by atoms with E-state index in [1.54, 1.807) is 19.0 Å².